The summed E-state index contributed by atoms with van der Waals surface area (Å²) in [6, 6.07) is -0.703. The van der Waals surface area contributed by atoms with E-state index in [-0.39, 0.29) is 6.61 Å². The van der Waals surface area contributed by atoms with Crippen LogP contribution in [0.4, 0.5) is 0 Å². The highest BCUT2D eigenvalue weighted by molar-refractivity contribution is 5.80. The molecule has 0 aromatic heterocycles. The summed E-state index contributed by atoms with van der Waals surface area (Å²) in [4.78, 5) is 12.4. The second kappa shape index (κ2) is 32.3. The quantitative estimate of drug-likeness (QED) is 0.0579. The zero-order valence-electron chi connectivity index (χ0n) is 27.7. The average Bonchev–Trinajstić information content (AvgIpc) is 2.98. The molecule has 0 aliphatic carbocycles. The minimum atomic E-state index is -1.06. The number of unbranched alkanes of at least 4 members (excludes halogenated alkanes) is 25. The molecule has 5 nitrogen and oxygen atoms in total. The van der Waals surface area contributed by atoms with Crippen molar-refractivity contribution in [3.05, 3.63) is 0 Å². The SMILES string of the molecule is CCCCCCCCCCCCCCCCC(O)C(=O)NC(CO)C(O)CCCCCCCCCCCCCCC. The van der Waals surface area contributed by atoms with E-state index in [1.165, 1.54) is 141 Å². The van der Waals surface area contributed by atoms with Gasteiger partial charge in [-0.25, -0.2) is 0 Å². The van der Waals surface area contributed by atoms with Gasteiger partial charge in [0.25, 0.3) is 0 Å². The van der Waals surface area contributed by atoms with E-state index in [0.29, 0.717) is 12.8 Å². The van der Waals surface area contributed by atoms with Gasteiger partial charge in [-0.1, -0.05) is 187 Å². The Labute approximate surface area is 256 Å². The third kappa shape index (κ3) is 27.9. The lowest BCUT2D eigenvalue weighted by atomic mass is 10.0. The molecule has 0 fully saturated rings. The van der Waals surface area contributed by atoms with Crippen molar-refractivity contribution in [1.29, 1.82) is 0 Å². The largest absolute Gasteiger partial charge is 0.394 e. The number of hydrogen-bond acceptors (Lipinski definition) is 4. The zero-order chi connectivity index (χ0) is 30.2. The van der Waals surface area contributed by atoms with Crippen molar-refractivity contribution < 1.29 is 20.1 Å². The van der Waals surface area contributed by atoms with Crippen LogP contribution in [-0.2, 0) is 4.79 Å². The molecule has 0 saturated heterocycles. The fourth-order valence-corrected chi connectivity index (χ4v) is 5.78. The molecule has 5 heteroatoms. The third-order valence-corrected chi connectivity index (χ3v) is 8.73. The van der Waals surface area contributed by atoms with Gasteiger partial charge in [0, 0.05) is 0 Å². The Balaban J connectivity index is 3.66. The molecule has 0 spiro atoms. The van der Waals surface area contributed by atoms with Crippen molar-refractivity contribution in [2.75, 3.05) is 6.61 Å². The summed E-state index contributed by atoms with van der Waals surface area (Å²) in [6.45, 7) is 4.22. The second-order valence-electron chi connectivity index (χ2n) is 12.8. The van der Waals surface area contributed by atoms with Crippen LogP contribution >= 0.6 is 0 Å². The van der Waals surface area contributed by atoms with Crippen molar-refractivity contribution >= 4 is 5.91 Å². The van der Waals surface area contributed by atoms with Crippen molar-refractivity contribution in [3.8, 4) is 0 Å². The van der Waals surface area contributed by atoms with Crippen molar-refractivity contribution in [1.82, 2.24) is 5.32 Å². The Morgan fingerprint density at radius 3 is 1.10 bits per heavy atom. The number of amides is 1. The molecular weight excluding hydrogens is 510 g/mol. The van der Waals surface area contributed by atoms with E-state index in [9.17, 15) is 20.1 Å². The molecule has 246 valence electrons. The second-order valence-corrected chi connectivity index (χ2v) is 12.8. The predicted octanol–water partition coefficient (Wildman–Crippen LogP) is 9.54. The summed E-state index contributed by atoms with van der Waals surface area (Å²) in [5.41, 5.74) is 0. The molecule has 3 unspecified atom stereocenters. The van der Waals surface area contributed by atoms with Gasteiger partial charge in [-0.2, -0.15) is 0 Å². The molecule has 4 N–H and O–H groups in total. The van der Waals surface area contributed by atoms with Gasteiger partial charge in [-0.15, -0.1) is 0 Å². The Morgan fingerprint density at radius 1 is 0.488 bits per heavy atom. The molecule has 0 saturated carbocycles. The molecular formula is C36H73NO4. The molecule has 41 heavy (non-hydrogen) atoms. The highest BCUT2D eigenvalue weighted by atomic mass is 16.3. The lowest BCUT2D eigenvalue weighted by Gasteiger charge is -2.23. The minimum Gasteiger partial charge on any atom is -0.394 e. The van der Waals surface area contributed by atoms with E-state index >= 15 is 0 Å². The van der Waals surface area contributed by atoms with E-state index in [1.54, 1.807) is 0 Å². The van der Waals surface area contributed by atoms with E-state index < -0.39 is 24.2 Å². The van der Waals surface area contributed by atoms with Gasteiger partial charge in [-0.05, 0) is 12.8 Å². The number of aliphatic hydroxyl groups is 3. The zero-order valence-corrected chi connectivity index (χ0v) is 27.7. The molecule has 0 aliphatic heterocycles. The maximum Gasteiger partial charge on any atom is 0.249 e. The molecule has 0 heterocycles. The van der Waals surface area contributed by atoms with Crippen LogP contribution in [-0.4, -0.2) is 46.1 Å². The van der Waals surface area contributed by atoms with Gasteiger partial charge in [0.15, 0.2) is 0 Å². The summed E-state index contributed by atoms with van der Waals surface area (Å²) < 4.78 is 0. The van der Waals surface area contributed by atoms with Crippen LogP contribution in [0.25, 0.3) is 0 Å². The van der Waals surface area contributed by atoms with E-state index in [1.807, 2.05) is 0 Å². The number of carbonyl (C=O) groups excluding carboxylic acids is 1. The van der Waals surface area contributed by atoms with Gasteiger partial charge < -0.3 is 20.6 Å². The van der Waals surface area contributed by atoms with Gasteiger partial charge in [0.2, 0.25) is 5.91 Å². The summed E-state index contributed by atoms with van der Waals surface area (Å²) in [6.07, 6.45) is 33.6. The predicted molar refractivity (Wildman–Crippen MR) is 176 cm³/mol. The molecule has 3 atom stereocenters. The molecule has 0 aliphatic rings. The first kappa shape index (κ1) is 40.4. The molecule has 0 bridgehead atoms. The highest BCUT2D eigenvalue weighted by Gasteiger charge is 2.23. The Morgan fingerprint density at radius 2 is 0.780 bits per heavy atom. The average molecular weight is 584 g/mol. The first-order valence-electron chi connectivity index (χ1n) is 18.3. The minimum absolute atomic E-state index is 0.309. The van der Waals surface area contributed by atoms with E-state index in [0.717, 1.165) is 32.1 Å². The van der Waals surface area contributed by atoms with Crippen molar-refractivity contribution in [2.24, 2.45) is 0 Å². The van der Waals surface area contributed by atoms with Gasteiger partial charge in [0.05, 0.1) is 18.8 Å². The maximum absolute atomic E-state index is 12.4. The summed E-state index contributed by atoms with van der Waals surface area (Å²) in [5, 5.41) is 33.1. The molecule has 0 aromatic carbocycles. The van der Waals surface area contributed by atoms with E-state index in [2.05, 4.69) is 19.2 Å². The number of nitrogens with one attached hydrogen (secondary N) is 1. The van der Waals surface area contributed by atoms with Gasteiger partial charge >= 0.3 is 0 Å². The van der Waals surface area contributed by atoms with Crippen LogP contribution in [0.3, 0.4) is 0 Å². The lowest BCUT2D eigenvalue weighted by Crippen LogP contribution is -2.49. The topological polar surface area (TPSA) is 89.8 Å². The van der Waals surface area contributed by atoms with Gasteiger partial charge in [-0.3, -0.25) is 4.79 Å². The normalized spacial score (nSPS) is 13.8. The van der Waals surface area contributed by atoms with Crippen molar-refractivity contribution in [3.63, 3.8) is 0 Å². The summed E-state index contributed by atoms with van der Waals surface area (Å²) in [5.74, 6) is -0.469. The number of aliphatic hydroxyl groups excluding tert-OH is 3. The van der Waals surface area contributed by atoms with Crippen LogP contribution in [0.15, 0.2) is 0 Å². The standard InChI is InChI=1S/C36H73NO4/c1-3-5-7-9-11-13-15-17-19-21-23-25-27-29-31-35(40)36(41)37-33(32-38)34(39)30-28-26-24-22-20-18-16-14-12-10-8-6-4-2/h33-35,38-40H,3-32H2,1-2H3,(H,37,41). The van der Waals surface area contributed by atoms with Crippen LogP contribution in [0.1, 0.15) is 200 Å². The monoisotopic (exact) mass is 584 g/mol. The van der Waals surface area contributed by atoms with Crippen LogP contribution < -0.4 is 5.32 Å². The van der Waals surface area contributed by atoms with Crippen LogP contribution in [0.2, 0.25) is 0 Å². The summed E-state index contributed by atoms with van der Waals surface area (Å²) in [7, 11) is 0. The molecule has 1 amide bonds. The Hall–Kier alpha value is -0.650. The Kier molecular flexibility index (Phi) is 31.8. The fourth-order valence-electron chi connectivity index (χ4n) is 5.78. The molecule has 0 aromatic rings. The first-order valence-corrected chi connectivity index (χ1v) is 18.3. The number of hydrogen-bond donors (Lipinski definition) is 4. The Bertz CT molecular complexity index is 530. The summed E-state index contributed by atoms with van der Waals surface area (Å²) >= 11 is 0. The van der Waals surface area contributed by atoms with Crippen molar-refractivity contribution in [2.45, 2.75) is 218 Å². The first-order chi connectivity index (χ1) is 20.1. The molecule has 0 rings (SSSR count). The van der Waals surface area contributed by atoms with Crippen LogP contribution in [0, 0.1) is 0 Å². The smallest absolute Gasteiger partial charge is 0.249 e. The van der Waals surface area contributed by atoms with Gasteiger partial charge in [0.1, 0.15) is 6.10 Å². The highest BCUT2D eigenvalue weighted by Crippen LogP contribution is 2.16. The van der Waals surface area contributed by atoms with Crippen LogP contribution in [0.5, 0.6) is 0 Å². The maximum atomic E-state index is 12.4. The van der Waals surface area contributed by atoms with E-state index in [4.69, 9.17) is 0 Å². The lowest BCUT2D eigenvalue weighted by molar-refractivity contribution is -0.131. The molecule has 0 radical (unpaired) electrons. The fraction of sp³-hybridized carbons (Fsp3) is 0.972. The third-order valence-electron chi connectivity index (χ3n) is 8.73. The number of carbonyl (C=O) groups is 1. The number of rotatable bonds is 33.